The van der Waals surface area contributed by atoms with Crippen LogP contribution in [0, 0.1) is 0 Å². The van der Waals surface area contributed by atoms with E-state index in [9.17, 15) is 45.6 Å². The average Bonchev–Trinajstić information content (AvgIpc) is 3.46. The molecule has 0 aromatic rings. The number of unbranched alkanes of at least 4 members (excludes halogenated alkanes) is 37. The summed E-state index contributed by atoms with van der Waals surface area (Å²) in [6.45, 7) is 2.81. The molecule has 0 aromatic heterocycles. The third-order valence-corrected chi connectivity index (χ3v) is 16.3. The molecule has 80 heavy (non-hydrogen) atoms. The first-order chi connectivity index (χ1) is 39.1. The summed E-state index contributed by atoms with van der Waals surface area (Å²) in [5.74, 6) is -0.248. The molecular weight excluding hydrogens is 1010 g/mol. The van der Waals surface area contributed by atoms with Gasteiger partial charge < -0.3 is 65.1 Å². The van der Waals surface area contributed by atoms with Crippen LogP contribution in [0.5, 0.6) is 0 Å². The van der Waals surface area contributed by atoms with Crippen molar-refractivity contribution in [2.75, 3.05) is 19.8 Å². The van der Waals surface area contributed by atoms with E-state index in [1.54, 1.807) is 6.08 Å². The molecule has 0 aromatic carbocycles. The Kier molecular flexibility index (Phi) is 47.9. The minimum atomic E-state index is -1.79. The van der Waals surface area contributed by atoms with E-state index in [2.05, 4.69) is 43.5 Å². The minimum Gasteiger partial charge on any atom is -0.394 e. The molecule has 0 radical (unpaired) electrons. The lowest BCUT2D eigenvalue weighted by molar-refractivity contribution is -0.359. The minimum absolute atomic E-state index is 0.248. The smallest absolute Gasteiger partial charge is 0.220 e. The number of nitrogens with one attached hydrogen (secondary N) is 1. The molecule has 0 bridgehead atoms. The van der Waals surface area contributed by atoms with Gasteiger partial charge in [-0.05, 0) is 44.9 Å². The van der Waals surface area contributed by atoms with Crippen LogP contribution in [0.2, 0.25) is 0 Å². The SMILES string of the molecule is CCCCCCCCCCC/C=C/CC/C=C/CC/C=C/C(O)C(COC1OC(CO)C(OC2OC(CO)C(O)C(O)C2O)C(O)C1O)NC(=O)CCCCCCCCCCCCCCCCCCCCCCCCCCCCC. The van der Waals surface area contributed by atoms with Gasteiger partial charge in [-0.25, -0.2) is 0 Å². The Morgan fingerprint density at radius 2 is 0.800 bits per heavy atom. The molecule has 2 aliphatic heterocycles. The lowest BCUT2D eigenvalue weighted by Gasteiger charge is -2.46. The molecule has 12 atom stereocenters. The highest BCUT2D eigenvalue weighted by molar-refractivity contribution is 5.76. The van der Waals surface area contributed by atoms with Crippen molar-refractivity contribution in [3.05, 3.63) is 36.5 Å². The highest BCUT2D eigenvalue weighted by atomic mass is 16.7. The largest absolute Gasteiger partial charge is 0.394 e. The molecule has 2 aliphatic rings. The maximum absolute atomic E-state index is 13.3. The zero-order valence-electron chi connectivity index (χ0n) is 50.8. The molecule has 14 nitrogen and oxygen atoms in total. The Morgan fingerprint density at radius 1 is 0.438 bits per heavy atom. The fourth-order valence-corrected chi connectivity index (χ4v) is 11.0. The van der Waals surface area contributed by atoms with Gasteiger partial charge in [-0.1, -0.05) is 269 Å². The summed E-state index contributed by atoms with van der Waals surface area (Å²) in [7, 11) is 0. The fourth-order valence-electron chi connectivity index (χ4n) is 11.0. The van der Waals surface area contributed by atoms with E-state index in [1.807, 2.05) is 6.08 Å². The number of carbonyl (C=O) groups is 1. The van der Waals surface area contributed by atoms with Gasteiger partial charge in [0.2, 0.25) is 5.91 Å². The Hall–Kier alpha value is -1.79. The van der Waals surface area contributed by atoms with Crippen LogP contribution in [-0.4, -0.2) is 140 Å². The van der Waals surface area contributed by atoms with Crippen molar-refractivity contribution in [1.82, 2.24) is 5.32 Å². The molecule has 470 valence electrons. The van der Waals surface area contributed by atoms with Gasteiger partial charge in [0, 0.05) is 6.42 Å². The molecule has 9 N–H and O–H groups in total. The molecule has 0 aliphatic carbocycles. The number of hydrogen-bond donors (Lipinski definition) is 9. The highest BCUT2D eigenvalue weighted by Gasteiger charge is 2.51. The van der Waals surface area contributed by atoms with Crippen LogP contribution >= 0.6 is 0 Å². The Balaban J connectivity index is 1.71. The van der Waals surface area contributed by atoms with Crippen LogP contribution in [0.3, 0.4) is 0 Å². The van der Waals surface area contributed by atoms with Crippen LogP contribution < -0.4 is 5.32 Å². The highest BCUT2D eigenvalue weighted by Crippen LogP contribution is 2.30. The average molecular weight is 1140 g/mol. The van der Waals surface area contributed by atoms with Crippen molar-refractivity contribution >= 4 is 5.91 Å². The third-order valence-electron chi connectivity index (χ3n) is 16.3. The van der Waals surface area contributed by atoms with Gasteiger partial charge in [0.25, 0.3) is 0 Å². The normalized spacial score (nSPS) is 24.4. The zero-order chi connectivity index (χ0) is 58.1. The molecule has 1 amide bonds. The first-order valence-corrected chi connectivity index (χ1v) is 33.2. The van der Waals surface area contributed by atoms with E-state index in [0.717, 1.165) is 44.9 Å². The molecule has 12 unspecified atom stereocenters. The summed E-state index contributed by atoms with van der Waals surface area (Å²) in [5.41, 5.74) is 0. The van der Waals surface area contributed by atoms with Gasteiger partial charge in [0.15, 0.2) is 12.6 Å². The van der Waals surface area contributed by atoms with Gasteiger partial charge in [0.05, 0.1) is 32.0 Å². The summed E-state index contributed by atoms with van der Waals surface area (Å²) < 4.78 is 22.8. The summed E-state index contributed by atoms with van der Waals surface area (Å²) in [5, 5.41) is 87.2. The van der Waals surface area contributed by atoms with Crippen molar-refractivity contribution in [2.24, 2.45) is 0 Å². The van der Waals surface area contributed by atoms with Crippen molar-refractivity contribution in [3.63, 3.8) is 0 Å². The monoisotopic (exact) mass is 1140 g/mol. The quantitative estimate of drug-likeness (QED) is 0.0204. The van der Waals surface area contributed by atoms with Crippen molar-refractivity contribution in [3.8, 4) is 0 Å². The van der Waals surface area contributed by atoms with E-state index in [0.29, 0.717) is 12.8 Å². The standard InChI is InChI=1S/C66H123NO13/c1-3-5-7-9-11-13-15-17-19-21-23-24-25-26-27-28-29-30-32-34-36-38-40-42-44-46-48-50-58(71)67-54(55(70)49-47-45-43-41-39-37-35-33-31-22-20-18-16-14-12-10-8-6-4-2)53-77-65-63(76)61(74)64(57(52-69)79-65)80-66-62(75)60(73)59(72)56(51-68)78-66/h31,33,39,41,47,49,54-57,59-66,68-70,72-76H,3-30,32,34-38,40,42-46,48,50-53H2,1-2H3,(H,67,71)/b33-31+,41-39+,49-47+. The Labute approximate surface area is 487 Å². The number of hydrogen-bond acceptors (Lipinski definition) is 13. The van der Waals surface area contributed by atoms with E-state index in [4.69, 9.17) is 18.9 Å². The van der Waals surface area contributed by atoms with Crippen LogP contribution in [0.25, 0.3) is 0 Å². The number of allylic oxidation sites excluding steroid dienone is 5. The second-order valence-electron chi connectivity index (χ2n) is 23.6. The summed E-state index contributed by atoms with van der Waals surface area (Å²) in [6.07, 6.45) is 47.7. The lowest BCUT2D eigenvalue weighted by atomic mass is 9.97. The first-order valence-electron chi connectivity index (χ1n) is 33.2. The Bertz CT molecular complexity index is 1480. The molecule has 2 fully saturated rings. The third kappa shape index (κ3) is 36.1. The van der Waals surface area contributed by atoms with Gasteiger partial charge in [-0.2, -0.15) is 0 Å². The van der Waals surface area contributed by atoms with Crippen molar-refractivity contribution in [2.45, 2.75) is 357 Å². The maximum atomic E-state index is 13.3. The second kappa shape index (κ2) is 51.6. The zero-order valence-corrected chi connectivity index (χ0v) is 50.8. The molecule has 14 heteroatoms. The molecule has 2 saturated heterocycles. The molecule has 2 heterocycles. The summed E-state index contributed by atoms with van der Waals surface area (Å²) >= 11 is 0. The number of ether oxygens (including phenoxy) is 4. The second-order valence-corrected chi connectivity index (χ2v) is 23.6. The van der Waals surface area contributed by atoms with Crippen molar-refractivity contribution < 1.29 is 64.6 Å². The Morgan fingerprint density at radius 3 is 1.23 bits per heavy atom. The lowest BCUT2D eigenvalue weighted by Crippen LogP contribution is -2.65. The molecule has 0 saturated carbocycles. The molecular formula is C66H123NO13. The van der Waals surface area contributed by atoms with E-state index in [-0.39, 0.29) is 18.9 Å². The maximum Gasteiger partial charge on any atom is 0.220 e. The predicted octanol–water partition coefficient (Wildman–Crippen LogP) is 12.6. The molecule has 2 rings (SSSR count). The van der Waals surface area contributed by atoms with E-state index < -0.39 is 86.8 Å². The van der Waals surface area contributed by atoms with E-state index in [1.165, 1.54) is 205 Å². The number of aliphatic hydroxyl groups excluding tert-OH is 8. The summed E-state index contributed by atoms with van der Waals surface area (Å²) in [4.78, 5) is 13.3. The van der Waals surface area contributed by atoms with Gasteiger partial charge in [0.1, 0.15) is 48.8 Å². The van der Waals surface area contributed by atoms with Crippen LogP contribution in [-0.2, 0) is 23.7 Å². The van der Waals surface area contributed by atoms with Crippen LogP contribution in [0.15, 0.2) is 36.5 Å². The van der Waals surface area contributed by atoms with Gasteiger partial charge >= 0.3 is 0 Å². The number of amides is 1. The number of aliphatic hydroxyl groups is 8. The molecule has 0 spiro atoms. The first kappa shape index (κ1) is 74.3. The van der Waals surface area contributed by atoms with Crippen LogP contribution in [0.4, 0.5) is 0 Å². The fraction of sp³-hybridized carbons (Fsp3) is 0.894. The van der Waals surface area contributed by atoms with Crippen molar-refractivity contribution in [1.29, 1.82) is 0 Å². The van der Waals surface area contributed by atoms with E-state index >= 15 is 0 Å². The van der Waals surface area contributed by atoms with Gasteiger partial charge in [-0.15, -0.1) is 0 Å². The topological polar surface area (TPSA) is 228 Å². The predicted molar refractivity (Wildman–Crippen MR) is 323 cm³/mol. The summed E-state index contributed by atoms with van der Waals surface area (Å²) in [6, 6.07) is -0.936. The number of rotatable bonds is 54. The number of carbonyl (C=O) groups excluding carboxylic acids is 1. The van der Waals surface area contributed by atoms with Crippen LogP contribution in [0.1, 0.15) is 284 Å². The van der Waals surface area contributed by atoms with Gasteiger partial charge in [-0.3, -0.25) is 4.79 Å².